The third kappa shape index (κ3) is 4.89. The molecule has 0 aliphatic rings. The first-order chi connectivity index (χ1) is 16.4. The summed E-state index contributed by atoms with van der Waals surface area (Å²) in [6, 6.07) is 19.8. The number of aromatic nitrogens is 2. The van der Waals surface area contributed by atoms with Crippen LogP contribution in [0.1, 0.15) is 36.7 Å². The van der Waals surface area contributed by atoms with Crippen molar-refractivity contribution in [2.75, 3.05) is 7.11 Å². The molecule has 7 heteroatoms. The van der Waals surface area contributed by atoms with E-state index in [0.29, 0.717) is 23.6 Å². The van der Waals surface area contributed by atoms with Crippen LogP contribution in [-0.4, -0.2) is 28.0 Å². The van der Waals surface area contributed by atoms with Gasteiger partial charge in [0.15, 0.2) is 0 Å². The second-order valence-electron chi connectivity index (χ2n) is 8.45. The zero-order valence-electron chi connectivity index (χ0n) is 19.6. The summed E-state index contributed by atoms with van der Waals surface area (Å²) >= 11 is 0. The van der Waals surface area contributed by atoms with E-state index in [9.17, 15) is 9.90 Å². The average molecular weight is 460 g/mol. The first kappa shape index (κ1) is 23.3. The number of hydrogen-bond acceptors (Lipinski definition) is 5. The molecule has 1 heterocycles. The summed E-state index contributed by atoms with van der Waals surface area (Å²) in [6.45, 7) is 4.85. The monoisotopic (exact) mass is 459 g/mol. The molecule has 4 rings (SSSR count). The fraction of sp³-hybridized carbons (Fsp3) is 0.259. The van der Waals surface area contributed by atoms with E-state index in [0.717, 1.165) is 33.3 Å². The average Bonchev–Trinajstić information content (AvgIpc) is 3.21. The first-order valence-corrected chi connectivity index (χ1v) is 11.2. The molecule has 0 bridgehead atoms. The highest BCUT2D eigenvalue weighted by Crippen LogP contribution is 2.31. The van der Waals surface area contributed by atoms with Crippen LogP contribution in [0.4, 0.5) is 0 Å². The number of hydrogen-bond donors (Lipinski definition) is 2. The molecule has 3 aromatic carbocycles. The molecule has 34 heavy (non-hydrogen) atoms. The van der Waals surface area contributed by atoms with Crippen molar-refractivity contribution < 1.29 is 19.4 Å². The summed E-state index contributed by atoms with van der Waals surface area (Å²) in [6.07, 6.45) is -0.137. The molecule has 0 spiro atoms. The minimum Gasteiger partial charge on any atom is -0.497 e. The van der Waals surface area contributed by atoms with Gasteiger partial charge in [-0.25, -0.2) is 0 Å². The second kappa shape index (κ2) is 9.97. The SMILES string of the molecule is COc1ccc(CC(=O)O)c(OCc2nn(C(C)C)c3ccc(-c4cccc(CN)c4)cc23)c1. The van der Waals surface area contributed by atoms with E-state index in [1.807, 2.05) is 16.8 Å². The van der Waals surface area contributed by atoms with Crippen molar-refractivity contribution in [2.45, 2.75) is 39.5 Å². The van der Waals surface area contributed by atoms with E-state index in [1.165, 1.54) is 0 Å². The highest BCUT2D eigenvalue weighted by molar-refractivity contribution is 5.87. The number of benzene rings is 3. The number of carbonyl (C=O) groups is 1. The predicted octanol–water partition coefficient (Wildman–Crippen LogP) is 4.96. The van der Waals surface area contributed by atoms with Gasteiger partial charge in [0, 0.05) is 29.6 Å². The van der Waals surface area contributed by atoms with E-state index in [-0.39, 0.29) is 19.1 Å². The van der Waals surface area contributed by atoms with Gasteiger partial charge in [-0.15, -0.1) is 0 Å². The van der Waals surface area contributed by atoms with Gasteiger partial charge < -0.3 is 20.3 Å². The molecular formula is C27H29N3O4. The van der Waals surface area contributed by atoms with Gasteiger partial charge in [-0.3, -0.25) is 9.48 Å². The van der Waals surface area contributed by atoms with E-state index in [4.69, 9.17) is 20.3 Å². The number of methoxy groups -OCH3 is 1. The molecule has 0 aliphatic heterocycles. The molecule has 0 saturated heterocycles. The van der Waals surface area contributed by atoms with Crippen molar-refractivity contribution >= 4 is 16.9 Å². The molecule has 176 valence electrons. The zero-order valence-corrected chi connectivity index (χ0v) is 19.6. The Morgan fingerprint density at radius 1 is 1.09 bits per heavy atom. The quantitative estimate of drug-likeness (QED) is 0.367. The molecule has 0 radical (unpaired) electrons. The molecule has 7 nitrogen and oxygen atoms in total. The highest BCUT2D eigenvalue weighted by atomic mass is 16.5. The molecule has 0 amide bonds. The van der Waals surface area contributed by atoms with Crippen LogP contribution < -0.4 is 15.2 Å². The van der Waals surface area contributed by atoms with Gasteiger partial charge in [0.05, 0.1) is 19.0 Å². The van der Waals surface area contributed by atoms with E-state index >= 15 is 0 Å². The molecule has 1 aromatic heterocycles. The van der Waals surface area contributed by atoms with Gasteiger partial charge in [0.2, 0.25) is 0 Å². The smallest absolute Gasteiger partial charge is 0.307 e. The number of nitrogens with two attached hydrogens (primary N) is 1. The van der Waals surface area contributed by atoms with Crippen LogP contribution in [-0.2, 0) is 24.4 Å². The lowest BCUT2D eigenvalue weighted by molar-refractivity contribution is -0.136. The Morgan fingerprint density at radius 3 is 2.59 bits per heavy atom. The summed E-state index contributed by atoms with van der Waals surface area (Å²) < 4.78 is 13.4. The van der Waals surface area contributed by atoms with Crippen LogP contribution >= 0.6 is 0 Å². The second-order valence-corrected chi connectivity index (χ2v) is 8.45. The number of aliphatic carboxylic acids is 1. The van der Waals surface area contributed by atoms with Gasteiger partial charge in [-0.1, -0.05) is 30.3 Å². The van der Waals surface area contributed by atoms with Crippen molar-refractivity contribution in [1.29, 1.82) is 0 Å². The summed E-state index contributed by atoms with van der Waals surface area (Å²) in [5.74, 6) is 0.151. The standard InChI is InChI=1S/C27H29N3O4/c1-17(2)30-25-10-8-20(19-6-4-5-18(11-19)15-28)12-23(25)24(29-30)16-34-26-14-22(33-3)9-7-21(26)13-27(31)32/h4-12,14,17H,13,15-16,28H2,1-3H3,(H,31,32). The lowest BCUT2D eigenvalue weighted by Gasteiger charge is -2.11. The van der Waals surface area contributed by atoms with Gasteiger partial charge in [-0.2, -0.15) is 5.10 Å². The van der Waals surface area contributed by atoms with Crippen molar-refractivity contribution in [1.82, 2.24) is 9.78 Å². The van der Waals surface area contributed by atoms with Crippen LogP contribution in [0.3, 0.4) is 0 Å². The third-order valence-corrected chi connectivity index (χ3v) is 5.75. The summed E-state index contributed by atoms with van der Waals surface area (Å²) in [4.78, 5) is 11.3. The zero-order chi connectivity index (χ0) is 24.2. The molecule has 0 saturated carbocycles. The minimum atomic E-state index is -0.922. The molecule has 0 unspecified atom stereocenters. The number of ether oxygens (including phenoxy) is 2. The molecule has 0 fully saturated rings. The largest absolute Gasteiger partial charge is 0.497 e. The number of carboxylic acids is 1. The van der Waals surface area contributed by atoms with E-state index < -0.39 is 5.97 Å². The number of fused-ring (bicyclic) bond motifs is 1. The summed E-state index contributed by atoms with van der Waals surface area (Å²) in [7, 11) is 1.56. The number of nitrogens with zero attached hydrogens (tertiary/aromatic N) is 2. The molecule has 0 aliphatic carbocycles. The maximum Gasteiger partial charge on any atom is 0.307 e. The normalized spacial score (nSPS) is 11.2. The van der Waals surface area contributed by atoms with E-state index in [2.05, 4.69) is 44.2 Å². The van der Waals surface area contributed by atoms with Crippen LogP contribution in [0.15, 0.2) is 60.7 Å². The summed E-state index contributed by atoms with van der Waals surface area (Å²) in [5.41, 5.74) is 11.4. The Morgan fingerprint density at radius 2 is 1.88 bits per heavy atom. The number of carboxylic acid groups (broad SMARTS) is 1. The lowest BCUT2D eigenvalue weighted by atomic mass is 10.0. The Hall–Kier alpha value is -3.84. The van der Waals surface area contributed by atoms with Crippen LogP contribution in [0, 0.1) is 0 Å². The fourth-order valence-electron chi connectivity index (χ4n) is 4.01. The van der Waals surface area contributed by atoms with Gasteiger partial charge >= 0.3 is 5.97 Å². The van der Waals surface area contributed by atoms with Gasteiger partial charge in [0.25, 0.3) is 0 Å². The fourth-order valence-corrected chi connectivity index (χ4v) is 4.01. The Bertz CT molecular complexity index is 1330. The molecule has 3 N–H and O–H groups in total. The Balaban J connectivity index is 1.73. The number of rotatable bonds is 9. The topological polar surface area (TPSA) is 99.6 Å². The molecule has 4 aromatic rings. The third-order valence-electron chi connectivity index (χ3n) is 5.75. The highest BCUT2D eigenvalue weighted by Gasteiger charge is 2.16. The maximum atomic E-state index is 11.3. The van der Waals surface area contributed by atoms with E-state index in [1.54, 1.807) is 25.3 Å². The maximum absolute atomic E-state index is 11.3. The van der Waals surface area contributed by atoms with Crippen molar-refractivity contribution in [2.24, 2.45) is 5.73 Å². The van der Waals surface area contributed by atoms with Crippen molar-refractivity contribution in [3.63, 3.8) is 0 Å². The molecule has 0 atom stereocenters. The Kier molecular flexibility index (Phi) is 6.84. The van der Waals surface area contributed by atoms with Crippen LogP contribution in [0.25, 0.3) is 22.0 Å². The first-order valence-electron chi connectivity index (χ1n) is 11.2. The lowest BCUT2D eigenvalue weighted by Crippen LogP contribution is -2.06. The van der Waals surface area contributed by atoms with Crippen LogP contribution in [0.5, 0.6) is 11.5 Å². The van der Waals surface area contributed by atoms with Crippen molar-refractivity contribution in [3.8, 4) is 22.6 Å². The Labute approximate surface area is 198 Å². The molecular weight excluding hydrogens is 430 g/mol. The minimum absolute atomic E-state index is 0.137. The predicted molar refractivity (Wildman–Crippen MR) is 132 cm³/mol. The summed E-state index contributed by atoms with van der Waals surface area (Å²) in [5, 5.41) is 15.1. The van der Waals surface area contributed by atoms with Crippen LogP contribution in [0.2, 0.25) is 0 Å². The van der Waals surface area contributed by atoms with Crippen molar-refractivity contribution in [3.05, 3.63) is 77.5 Å². The van der Waals surface area contributed by atoms with Gasteiger partial charge in [0.1, 0.15) is 23.8 Å². The van der Waals surface area contributed by atoms with Gasteiger partial charge in [-0.05, 0) is 54.8 Å².